The summed E-state index contributed by atoms with van der Waals surface area (Å²) in [6.45, 7) is 4.90. The summed E-state index contributed by atoms with van der Waals surface area (Å²) in [5.74, 6) is -0.332. The molecular weight excluding hydrogens is 266 g/mol. The Morgan fingerprint density at radius 2 is 1.95 bits per heavy atom. The smallest absolute Gasteiger partial charge is 0.272 e. The molecule has 1 aromatic carbocycles. The summed E-state index contributed by atoms with van der Waals surface area (Å²) in [6.07, 6.45) is 0. The lowest BCUT2D eigenvalue weighted by Gasteiger charge is -2.10. The van der Waals surface area contributed by atoms with Crippen molar-refractivity contribution in [2.45, 2.75) is 26.4 Å². The molecule has 110 valence electrons. The van der Waals surface area contributed by atoms with Crippen LogP contribution >= 0.6 is 0 Å². The fourth-order valence-corrected chi connectivity index (χ4v) is 1.86. The maximum atomic E-state index is 12.0. The van der Waals surface area contributed by atoms with Gasteiger partial charge in [-0.2, -0.15) is 0 Å². The minimum atomic E-state index is -0.332. The predicted octanol–water partition coefficient (Wildman–Crippen LogP) is 2.13. The van der Waals surface area contributed by atoms with Crippen LogP contribution in [0.5, 0.6) is 0 Å². The molecule has 3 N–H and O–H groups in total. The Hall–Kier alpha value is -2.40. The number of aromatic nitrogens is 1. The van der Waals surface area contributed by atoms with E-state index in [1.807, 2.05) is 24.3 Å². The van der Waals surface area contributed by atoms with Crippen molar-refractivity contribution >= 4 is 11.6 Å². The van der Waals surface area contributed by atoms with Crippen molar-refractivity contribution in [3.05, 3.63) is 64.1 Å². The fraction of sp³-hybridized carbons (Fsp3) is 0.250. The molecule has 0 spiro atoms. The number of aromatic amines is 1. The van der Waals surface area contributed by atoms with Gasteiger partial charge in [-0.3, -0.25) is 9.59 Å². The number of rotatable bonds is 5. The second-order valence-electron chi connectivity index (χ2n) is 5.12. The van der Waals surface area contributed by atoms with Crippen LogP contribution in [0.25, 0.3) is 0 Å². The zero-order valence-corrected chi connectivity index (χ0v) is 12.1. The largest absolute Gasteiger partial charge is 0.321 e. The van der Waals surface area contributed by atoms with Crippen LogP contribution in [-0.4, -0.2) is 16.9 Å². The SMILES string of the molecule is CC(C)NCc1cccc(NC(=O)c2cccc(=O)[nH]2)c1. The lowest BCUT2D eigenvalue weighted by molar-refractivity contribution is 0.102. The van der Waals surface area contributed by atoms with E-state index in [2.05, 4.69) is 29.5 Å². The molecule has 0 aliphatic rings. The first-order valence-electron chi connectivity index (χ1n) is 6.87. The van der Waals surface area contributed by atoms with Crippen molar-refractivity contribution in [3.63, 3.8) is 0 Å². The molecule has 5 nitrogen and oxygen atoms in total. The average molecular weight is 285 g/mol. The van der Waals surface area contributed by atoms with Crippen molar-refractivity contribution in [1.82, 2.24) is 10.3 Å². The summed E-state index contributed by atoms with van der Waals surface area (Å²) < 4.78 is 0. The molecule has 0 atom stereocenters. The standard InChI is InChI=1S/C16H19N3O2/c1-11(2)17-10-12-5-3-6-13(9-12)18-16(21)14-7-4-8-15(20)19-14/h3-9,11,17H,10H2,1-2H3,(H,18,21)(H,19,20). The number of hydrogen-bond acceptors (Lipinski definition) is 3. The second-order valence-corrected chi connectivity index (χ2v) is 5.12. The fourth-order valence-electron chi connectivity index (χ4n) is 1.86. The molecule has 2 aromatic rings. The van der Waals surface area contributed by atoms with Gasteiger partial charge in [0.2, 0.25) is 5.56 Å². The topological polar surface area (TPSA) is 74.0 Å². The zero-order valence-electron chi connectivity index (χ0n) is 12.1. The molecular formula is C16H19N3O2. The quantitative estimate of drug-likeness (QED) is 0.788. The molecule has 0 bridgehead atoms. The van der Waals surface area contributed by atoms with Crippen molar-refractivity contribution in [1.29, 1.82) is 0 Å². The van der Waals surface area contributed by atoms with Gasteiger partial charge in [0, 0.05) is 24.3 Å². The summed E-state index contributed by atoms with van der Waals surface area (Å²) in [5, 5.41) is 6.10. The van der Waals surface area contributed by atoms with Gasteiger partial charge >= 0.3 is 0 Å². The highest BCUT2D eigenvalue weighted by atomic mass is 16.2. The van der Waals surface area contributed by atoms with Crippen LogP contribution in [-0.2, 0) is 6.54 Å². The van der Waals surface area contributed by atoms with Gasteiger partial charge in [-0.25, -0.2) is 0 Å². The van der Waals surface area contributed by atoms with Crippen LogP contribution in [0, 0.1) is 0 Å². The minimum Gasteiger partial charge on any atom is -0.321 e. The minimum absolute atomic E-state index is 0.244. The van der Waals surface area contributed by atoms with E-state index in [-0.39, 0.29) is 17.2 Å². The Kier molecular flexibility index (Phi) is 4.90. The summed E-state index contributed by atoms with van der Waals surface area (Å²) in [7, 11) is 0. The van der Waals surface area contributed by atoms with Crippen molar-refractivity contribution in [2.75, 3.05) is 5.32 Å². The molecule has 21 heavy (non-hydrogen) atoms. The first kappa shape index (κ1) is 15.0. The number of benzene rings is 1. The molecule has 1 aromatic heterocycles. The molecule has 1 heterocycles. The third-order valence-electron chi connectivity index (χ3n) is 2.91. The van der Waals surface area contributed by atoms with E-state index in [9.17, 15) is 9.59 Å². The summed E-state index contributed by atoms with van der Waals surface area (Å²) in [6, 6.07) is 12.5. The van der Waals surface area contributed by atoms with Crippen LogP contribution in [0.1, 0.15) is 29.9 Å². The number of nitrogens with one attached hydrogen (secondary N) is 3. The molecule has 1 amide bonds. The summed E-state index contributed by atoms with van der Waals surface area (Å²) >= 11 is 0. The predicted molar refractivity (Wildman–Crippen MR) is 83.4 cm³/mol. The van der Waals surface area contributed by atoms with Crippen LogP contribution in [0.3, 0.4) is 0 Å². The van der Waals surface area contributed by atoms with E-state index < -0.39 is 0 Å². The van der Waals surface area contributed by atoms with Gasteiger partial charge in [0.1, 0.15) is 5.69 Å². The zero-order chi connectivity index (χ0) is 15.2. The van der Waals surface area contributed by atoms with Crippen molar-refractivity contribution in [2.24, 2.45) is 0 Å². The van der Waals surface area contributed by atoms with Crippen LogP contribution in [0.15, 0.2) is 47.3 Å². The maximum Gasteiger partial charge on any atom is 0.272 e. The Balaban J connectivity index is 2.07. The molecule has 5 heteroatoms. The average Bonchev–Trinajstić information content (AvgIpc) is 2.45. The Morgan fingerprint density at radius 3 is 2.67 bits per heavy atom. The normalized spacial score (nSPS) is 10.6. The second kappa shape index (κ2) is 6.85. The Labute approximate surface area is 123 Å². The van der Waals surface area contributed by atoms with E-state index >= 15 is 0 Å². The molecule has 0 aliphatic heterocycles. The third kappa shape index (κ3) is 4.57. The molecule has 0 saturated heterocycles. The molecule has 0 radical (unpaired) electrons. The van der Waals surface area contributed by atoms with E-state index in [1.54, 1.807) is 12.1 Å². The van der Waals surface area contributed by atoms with Crippen LogP contribution in [0.4, 0.5) is 5.69 Å². The maximum absolute atomic E-state index is 12.0. The highest BCUT2D eigenvalue weighted by Gasteiger charge is 2.07. The number of anilines is 1. The molecule has 0 saturated carbocycles. The molecule has 0 aliphatic carbocycles. The Bertz CT molecular complexity index is 677. The first-order valence-corrected chi connectivity index (χ1v) is 6.87. The highest BCUT2D eigenvalue weighted by molar-refractivity contribution is 6.02. The van der Waals surface area contributed by atoms with Crippen molar-refractivity contribution < 1.29 is 4.79 Å². The van der Waals surface area contributed by atoms with E-state index in [0.29, 0.717) is 11.7 Å². The van der Waals surface area contributed by atoms with Gasteiger partial charge in [-0.15, -0.1) is 0 Å². The van der Waals surface area contributed by atoms with Crippen LogP contribution in [0.2, 0.25) is 0 Å². The van der Waals surface area contributed by atoms with E-state index in [1.165, 1.54) is 6.07 Å². The molecule has 0 unspecified atom stereocenters. The van der Waals surface area contributed by atoms with E-state index in [4.69, 9.17) is 0 Å². The summed E-state index contributed by atoms with van der Waals surface area (Å²) in [5.41, 5.74) is 1.74. The number of carbonyl (C=O) groups excluding carboxylic acids is 1. The highest BCUT2D eigenvalue weighted by Crippen LogP contribution is 2.11. The lowest BCUT2D eigenvalue weighted by atomic mass is 10.2. The number of amides is 1. The number of pyridine rings is 1. The third-order valence-corrected chi connectivity index (χ3v) is 2.91. The lowest BCUT2D eigenvalue weighted by Crippen LogP contribution is -2.22. The van der Waals surface area contributed by atoms with Gasteiger partial charge in [0.05, 0.1) is 0 Å². The molecule has 0 fully saturated rings. The number of hydrogen-bond donors (Lipinski definition) is 3. The van der Waals surface area contributed by atoms with Gasteiger partial charge in [0.15, 0.2) is 0 Å². The molecule has 2 rings (SSSR count). The van der Waals surface area contributed by atoms with Crippen molar-refractivity contribution in [3.8, 4) is 0 Å². The Morgan fingerprint density at radius 1 is 1.19 bits per heavy atom. The number of carbonyl (C=O) groups is 1. The first-order chi connectivity index (χ1) is 10.0. The van der Waals surface area contributed by atoms with Gasteiger partial charge < -0.3 is 15.6 Å². The number of H-pyrrole nitrogens is 1. The van der Waals surface area contributed by atoms with Crippen LogP contribution < -0.4 is 16.2 Å². The monoisotopic (exact) mass is 285 g/mol. The van der Waals surface area contributed by atoms with Gasteiger partial charge in [-0.1, -0.05) is 32.0 Å². The van der Waals surface area contributed by atoms with Gasteiger partial charge in [-0.05, 0) is 23.8 Å². The van der Waals surface area contributed by atoms with E-state index in [0.717, 1.165) is 12.1 Å². The summed E-state index contributed by atoms with van der Waals surface area (Å²) in [4.78, 5) is 25.8. The van der Waals surface area contributed by atoms with Gasteiger partial charge in [0.25, 0.3) is 5.91 Å².